The van der Waals surface area contributed by atoms with Gasteiger partial charge in [0.1, 0.15) is 16.5 Å². The van der Waals surface area contributed by atoms with Gasteiger partial charge in [-0.05, 0) is 73.5 Å². The van der Waals surface area contributed by atoms with Crippen LogP contribution < -0.4 is 9.50 Å². The first kappa shape index (κ1) is 27.6. The highest BCUT2D eigenvalue weighted by atomic mass is 35.5. The molecule has 0 aliphatic carbocycles. The Hall–Kier alpha value is -3.47. The van der Waals surface area contributed by atoms with Crippen molar-refractivity contribution in [2.75, 3.05) is 18.5 Å². The lowest BCUT2D eigenvalue weighted by molar-refractivity contribution is -0.114. The quantitative estimate of drug-likeness (QED) is 0.368. The molecule has 1 aliphatic rings. The van der Waals surface area contributed by atoms with Crippen LogP contribution in [-0.4, -0.2) is 44.4 Å². The van der Waals surface area contributed by atoms with Gasteiger partial charge in [-0.25, -0.2) is 4.39 Å². The Bertz CT molecular complexity index is 1430. The van der Waals surface area contributed by atoms with Gasteiger partial charge in [0.25, 0.3) is 5.91 Å². The van der Waals surface area contributed by atoms with E-state index in [1.165, 1.54) is 72.5 Å². The predicted octanol–water partition coefficient (Wildman–Crippen LogP) is 5.03. The molecule has 0 unspecified atom stereocenters. The number of anilines is 1. The number of hydrogen-bond donors (Lipinski definition) is 1. The Morgan fingerprint density at radius 1 is 1.13 bits per heavy atom. The Balaban J connectivity index is 1.61. The summed E-state index contributed by atoms with van der Waals surface area (Å²) in [5, 5.41) is 2.89. The Morgan fingerprint density at radius 2 is 1.89 bits per heavy atom. The van der Waals surface area contributed by atoms with Crippen molar-refractivity contribution in [2.45, 2.75) is 37.3 Å². The van der Waals surface area contributed by atoms with Gasteiger partial charge in [-0.1, -0.05) is 17.7 Å². The van der Waals surface area contributed by atoms with Crippen molar-refractivity contribution < 1.29 is 31.3 Å². The van der Waals surface area contributed by atoms with Crippen molar-refractivity contribution in [1.29, 1.82) is 0 Å². The molecular weight excluding hydrogens is 535 g/mol. The molecule has 0 saturated carbocycles. The van der Waals surface area contributed by atoms with E-state index in [1.54, 1.807) is 0 Å². The minimum absolute atomic E-state index is 0.00952. The summed E-state index contributed by atoms with van der Waals surface area (Å²) in [5.41, 5.74) is 0.933. The standard InChI is InChI=1S/C27H26ClFN2O6S/c1-18(32)30-23-8-10-25(11-9-23)38(34,35)37-26-12-7-21(28)14-20(26)16-31(17-24-6-3-13-36-24)27(33)19-4-2-5-22(29)15-19/h2,4-5,7-12,14-15,24H,3,6,13,16-17H2,1H3,(H,30,32)/t24-/m1/s1. The zero-order valence-corrected chi connectivity index (χ0v) is 22.1. The van der Waals surface area contributed by atoms with Crippen LogP contribution in [0, 0.1) is 5.82 Å². The molecule has 0 aromatic heterocycles. The highest BCUT2D eigenvalue weighted by Crippen LogP contribution is 2.29. The Kier molecular flexibility index (Phi) is 8.65. The van der Waals surface area contributed by atoms with Crippen LogP contribution in [0.25, 0.3) is 0 Å². The summed E-state index contributed by atoms with van der Waals surface area (Å²) in [4.78, 5) is 26.0. The molecule has 8 nitrogen and oxygen atoms in total. The molecule has 3 aromatic rings. The van der Waals surface area contributed by atoms with Gasteiger partial charge in [-0.3, -0.25) is 9.59 Å². The minimum Gasteiger partial charge on any atom is -0.379 e. The third-order valence-corrected chi connectivity index (χ3v) is 7.34. The lowest BCUT2D eigenvalue weighted by Gasteiger charge is -2.26. The van der Waals surface area contributed by atoms with Gasteiger partial charge in [0.15, 0.2) is 0 Å². The maximum Gasteiger partial charge on any atom is 0.339 e. The number of nitrogens with zero attached hydrogens (tertiary/aromatic N) is 1. The molecule has 0 bridgehead atoms. The number of benzene rings is 3. The summed E-state index contributed by atoms with van der Waals surface area (Å²) in [5.74, 6) is -1.29. The molecule has 1 atom stereocenters. The van der Waals surface area contributed by atoms with Crippen molar-refractivity contribution >= 4 is 39.2 Å². The molecule has 0 radical (unpaired) electrons. The van der Waals surface area contributed by atoms with E-state index in [1.807, 2.05) is 0 Å². The van der Waals surface area contributed by atoms with Crippen LogP contribution in [0.2, 0.25) is 5.02 Å². The second-order valence-corrected chi connectivity index (χ2v) is 10.8. The van der Waals surface area contributed by atoms with Crippen molar-refractivity contribution in [2.24, 2.45) is 0 Å². The maximum absolute atomic E-state index is 13.9. The van der Waals surface area contributed by atoms with Crippen LogP contribution in [-0.2, 0) is 26.2 Å². The first-order chi connectivity index (χ1) is 18.1. The van der Waals surface area contributed by atoms with Gasteiger partial charge in [-0.15, -0.1) is 0 Å². The van der Waals surface area contributed by atoms with E-state index < -0.39 is 21.8 Å². The summed E-state index contributed by atoms with van der Waals surface area (Å²) in [6.07, 6.45) is 1.41. The van der Waals surface area contributed by atoms with Crippen LogP contribution in [0.1, 0.15) is 35.7 Å². The van der Waals surface area contributed by atoms with E-state index in [0.29, 0.717) is 22.9 Å². The van der Waals surface area contributed by atoms with Gasteiger partial charge < -0.3 is 19.1 Å². The van der Waals surface area contributed by atoms with E-state index in [2.05, 4.69) is 5.32 Å². The molecule has 3 aromatic carbocycles. The van der Waals surface area contributed by atoms with Gasteiger partial charge >= 0.3 is 10.1 Å². The summed E-state index contributed by atoms with van der Waals surface area (Å²) < 4.78 is 51.1. The minimum atomic E-state index is -4.26. The smallest absolute Gasteiger partial charge is 0.339 e. The fourth-order valence-electron chi connectivity index (χ4n) is 4.09. The average molecular weight is 561 g/mol. The van der Waals surface area contributed by atoms with Gasteiger partial charge in [0.05, 0.1) is 6.10 Å². The summed E-state index contributed by atoms with van der Waals surface area (Å²) in [6.45, 7) is 2.09. The summed E-state index contributed by atoms with van der Waals surface area (Å²) >= 11 is 6.22. The molecular formula is C27H26ClFN2O6S. The van der Waals surface area contributed by atoms with Crippen LogP contribution >= 0.6 is 11.6 Å². The van der Waals surface area contributed by atoms with Crippen molar-refractivity contribution in [1.82, 2.24) is 4.90 Å². The normalized spacial score (nSPS) is 15.2. The Morgan fingerprint density at radius 3 is 2.55 bits per heavy atom. The number of carbonyl (C=O) groups excluding carboxylic acids is 2. The zero-order valence-electron chi connectivity index (χ0n) is 20.5. The number of carbonyl (C=O) groups is 2. The van der Waals surface area contributed by atoms with Gasteiger partial charge in [0.2, 0.25) is 5.91 Å². The molecule has 1 saturated heterocycles. The second kappa shape index (κ2) is 11.9. The van der Waals surface area contributed by atoms with E-state index in [0.717, 1.165) is 18.9 Å². The van der Waals surface area contributed by atoms with Crippen molar-refractivity contribution in [3.05, 3.63) is 88.7 Å². The van der Waals surface area contributed by atoms with E-state index in [9.17, 15) is 22.4 Å². The second-order valence-electron chi connectivity index (χ2n) is 8.83. The summed E-state index contributed by atoms with van der Waals surface area (Å²) in [7, 11) is -4.26. The number of halogens is 2. The highest BCUT2D eigenvalue weighted by Gasteiger charge is 2.26. The first-order valence-electron chi connectivity index (χ1n) is 11.9. The molecule has 1 aliphatic heterocycles. The molecule has 1 heterocycles. The average Bonchev–Trinajstić information content (AvgIpc) is 3.38. The monoisotopic (exact) mass is 560 g/mol. The topological polar surface area (TPSA) is 102 Å². The lowest BCUT2D eigenvalue weighted by atomic mass is 10.1. The van der Waals surface area contributed by atoms with Gasteiger partial charge in [-0.2, -0.15) is 8.42 Å². The highest BCUT2D eigenvalue weighted by molar-refractivity contribution is 7.87. The summed E-state index contributed by atoms with van der Waals surface area (Å²) in [6, 6.07) is 15.3. The zero-order chi connectivity index (χ0) is 27.3. The fraction of sp³-hybridized carbons (Fsp3) is 0.259. The molecule has 4 rings (SSSR count). The first-order valence-corrected chi connectivity index (χ1v) is 13.7. The van der Waals surface area contributed by atoms with Crippen LogP contribution in [0.5, 0.6) is 5.75 Å². The van der Waals surface area contributed by atoms with E-state index in [-0.39, 0.29) is 41.3 Å². The Labute approximate surface area is 225 Å². The van der Waals surface area contributed by atoms with E-state index in [4.69, 9.17) is 20.5 Å². The molecule has 1 N–H and O–H groups in total. The van der Waals surface area contributed by atoms with Gasteiger partial charge in [0, 0.05) is 48.5 Å². The predicted molar refractivity (Wildman–Crippen MR) is 140 cm³/mol. The van der Waals surface area contributed by atoms with Crippen LogP contribution in [0.3, 0.4) is 0 Å². The fourth-order valence-corrected chi connectivity index (χ4v) is 5.25. The third-order valence-electron chi connectivity index (χ3n) is 5.85. The van der Waals surface area contributed by atoms with Crippen molar-refractivity contribution in [3.8, 4) is 5.75 Å². The van der Waals surface area contributed by atoms with Crippen LogP contribution in [0.4, 0.5) is 10.1 Å². The number of rotatable bonds is 9. The lowest BCUT2D eigenvalue weighted by Crippen LogP contribution is -2.37. The molecule has 2 amide bonds. The van der Waals surface area contributed by atoms with Crippen LogP contribution in [0.15, 0.2) is 71.6 Å². The van der Waals surface area contributed by atoms with Crippen molar-refractivity contribution in [3.63, 3.8) is 0 Å². The molecule has 38 heavy (non-hydrogen) atoms. The van der Waals surface area contributed by atoms with E-state index >= 15 is 0 Å². The maximum atomic E-state index is 13.9. The third kappa shape index (κ3) is 7.09. The molecule has 1 fully saturated rings. The molecule has 11 heteroatoms. The number of ether oxygens (including phenoxy) is 1. The number of nitrogens with one attached hydrogen (secondary N) is 1. The molecule has 0 spiro atoms. The number of amides is 2. The SMILES string of the molecule is CC(=O)Nc1ccc(S(=O)(=O)Oc2ccc(Cl)cc2CN(C[C@H]2CCCO2)C(=O)c2cccc(F)c2)cc1. The molecule has 200 valence electrons. The number of hydrogen-bond acceptors (Lipinski definition) is 6. The largest absolute Gasteiger partial charge is 0.379 e.